The predicted octanol–water partition coefficient (Wildman–Crippen LogP) is 4.59. The predicted molar refractivity (Wildman–Crippen MR) is 87.3 cm³/mol. The topological polar surface area (TPSA) is 89.7 Å². The zero-order valence-corrected chi connectivity index (χ0v) is 13.6. The molecule has 0 atom stereocenters. The Labute approximate surface area is 138 Å². The van der Waals surface area contributed by atoms with Crippen LogP contribution < -0.4 is 0 Å². The van der Waals surface area contributed by atoms with Crippen LogP contribution in [0.1, 0.15) is 40.1 Å². The van der Waals surface area contributed by atoms with Crippen molar-refractivity contribution in [2.24, 2.45) is 0 Å². The van der Waals surface area contributed by atoms with E-state index in [4.69, 9.17) is 8.83 Å². The van der Waals surface area contributed by atoms with Crippen LogP contribution in [0.25, 0.3) is 0 Å². The molecule has 3 rings (SSSR count). The fraction of sp³-hybridized carbons (Fsp3) is 0.222. The van der Waals surface area contributed by atoms with Crippen molar-refractivity contribution < 1.29 is 18.9 Å². The number of rotatable bonds is 4. The Balaban J connectivity index is 2.25. The summed E-state index contributed by atoms with van der Waals surface area (Å²) in [5, 5.41) is 21.7. The number of nitro groups is 1. The number of non-ortho nitro benzene ring substituents is 1. The van der Waals surface area contributed by atoms with Crippen molar-refractivity contribution in [3.63, 3.8) is 0 Å². The Hall–Kier alpha value is -3.02. The van der Waals surface area contributed by atoms with Gasteiger partial charge in [0.25, 0.3) is 5.69 Å². The Bertz CT molecular complexity index is 866. The van der Waals surface area contributed by atoms with Crippen LogP contribution in [0.3, 0.4) is 0 Å². The highest BCUT2D eigenvalue weighted by Gasteiger charge is 2.28. The van der Waals surface area contributed by atoms with Crippen LogP contribution in [0, 0.1) is 30.9 Å². The third-order valence-corrected chi connectivity index (χ3v) is 3.93. The highest BCUT2D eigenvalue weighted by atomic mass is 16.6. The van der Waals surface area contributed by atoms with Crippen LogP contribution in [0.4, 0.5) is 5.69 Å². The molecule has 0 aliphatic heterocycles. The molecule has 0 bridgehead atoms. The molecule has 0 fully saturated rings. The van der Waals surface area contributed by atoms with Gasteiger partial charge in [-0.3, -0.25) is 10.1 Å². The quantitative estimate of drug-likeness (QED) is 0.559. The number of aryl methyl sites for hydroxylation is 3. The van der Waals surface area contributed by atoms with Crippen LogP contribution in [0.2, 0.25) is 0 Å². The van der Waals surface area contributed by atoms with Gasteiger partial charge in [0.15, 0.2) is 0 Å². The van der Waals surface area contributed by atoms with Crippen LogP contribution in [0.5, 0.6) is 5.75 Å². The molecule has 124 valence electrons. The van der Waals surface area contributed by atoms with E-state index >= 15 is 0 Å². The van der Waals surface area contributed by atoms with Crippen molar-refractivity contribution in [1.29, 1.82) is 0 Å². The summed E-state index contributed by atoms with van der Waals surface area (Å²) in [5.41, 5.74) is 0.720. The van der Waals surface area contributed by atoms with Crippen molar-refractivity contribution in [3.05, 3.63) is 80.7 Å². The molecule has 3 aromatic rings. The molecule has 0 aliphatic carbocycles. The number of phenols is 1. The molecule has 24 heavy (non-hydrogen) atoms. The first-order valence-corrected chi connectivity index (χ1v) is 7.47. The largest absolute Gasteiger partial charge is 0.507 e. The molecule has 6 nitrogen and oxygen atoms in total. The van der Waals surface area contributed by atoms with E-state index in [1.165, 1.54) is 12.1 Å². The first kappa shape index (κ1) is 15.9. The molecule has 6 heteroatoms. The van der Waals surface area contributed by atoms with Gasteiger partial charge in [0, 0.05) is 17.7 Å². The summed E-state index contributed by atoms with van der Waals surface area (Å²) in [6, 6.07) is 9.88. The van der Waals surface area contributed by atoms with Crippen molar-refractivity contribution in [3.8, 4) is 5.75 Å². The highest BCUT2D eigenvalue weighted by molar-refractivity contribution is 5.54. The summed E-state index contributed by atoms with van der Waals surface area (Å²) in [5.74, 6) is 1.95. The number of aromatic hydroxyl groups is 1. The molecule has 0 amide bonds. The Morgan fingerprint density at radius 1 is 1.00 bits per heavy atom. The fourth-order valence-corrected chi connectivity index (χ4v) is 2.78. The van der Waals surface area contributed by atoms with Crippen molar-refractivity contribution >= 4 is 5.69 Å². The van der Waals surface area contributed by atoms with E-state index in [0.29, 0.717) is 34.2 Å². The summed E-state index contributed by atoms with van der Waals surface area (Å²) in [6.07, 6.45) is 0. The van der Waals surface area contributed by atoms with Gasteiger partial charge in [-0.2, -0.15) is 0 Å². The lowest BCUT2D eigenvalue weighted by molar-refractivity contribution is -0.385. The smallest absolute Gasteiger partial charge is 0.270 e. The number of hydrogen-bond donors (Lipinski definition) is 1. The lowest BCUT2D eigenvalue weighted by Gasteiger charge is -2.16. The molecule has 1 aromatic carbocycles. The van der Waals surface area contributed by atoms with Crippen LogP contribution in [0.15, 0.2) is 45.2 Å². The maximum atomic E-state index is 11.2. The summed E-state index contributed by atoms with van der Waals surface area (Å²) >= 11 is 0. The third-order valence-electron chi connectivity index (χ3n) is 3.93. The summed E-state index contributed by atoms with van der Waals surface area (Å²) in [6.45, 7) is 5.25. The molecular weight excluding hydrogens is 310 g/mol. The van der Waals surface area contributed by atoms with Gasteiger partial charge in [0.05, 0.1) is 4.92 Å². The average Bonchev–Trinajstić information content (AvgIpc) is 3.12. The van der Waals surface area contributed by atoms with Crippen molar-refractivity contribution in [2.45, 2.75) is 26.7 Å². The van der Waals surface area contributed by atoms with Crippen molar-refractivity contribution in [2.75, 3.05) is 0 Å². The van der Waals surface area contributed by atoms with Gasteiger partial charge in [-0.05, 0) is 50.6 Å². The van der Waals surface area contributed by atoms with Gasteiger partial charge in [-0.15, -0.1) is 0 Å². The van der Waals surface area contributed by atoms with E-state index in [2.05, 4.69) is 0 Å². The fourth-order valence-electron chi connectivity index (χ4n) is 2.78. The normalized spacial score (nSPS) is 11.2. The van der Waals surface area contributed by atoms with E-state index in [0.717, 1.165) is 0 Å². The molecule has 0 saturated carbocycles. The van der Waals surface area contributed by atoms with Crippen LogP contribution in [-0.4, -0.2) is 10.0 Å². The van der Waals surface area contributed by atoms with E-state index < -0.39 is 10.8 Å². The van der Waals surface area contributed by atoms with Crippen molar-refractivity contribution in [1.82, 2.24) is 0 Å². The Kier molecular flexibility index (Phi) is 3.89. The standard InChI is InChI=1S/C18H17NO5/c1-10-8-13(19(21)22)9-14(18(10)20)17(15-6-4-11(2)23-15)16-7-5-12(3)24-16/h4-9,17,20H,1-3H3. The molecule has 0 spiro atoms. The summed E-state index contributed by atoms with van der Waals surface area (Å²) in [7, 11) is 0. The maximum absolute atomic E-state index is 11.2. The second-order valence-electron chi connectivity index (χ2n) is 5.79. The minimum absolute atomic E-state index is 0.00583. The van der Waals surface area contributed by atoms with Gasteiger partial charge in [-0.1, -0.05) is 0 Å². The number of benzene rings is 1. The maximum Gasteiger partial charge on any atom is 0.270 e. The molecule has 2 heterocycles. The van der Waals surface area contributed by atoms with E-state index in [9.17, 15) is 15.2 Å². The lowest BCUT2D eigenvalue weighted by atomic mass is 9.91. The van der Waals surface area contributed by atoms with E-state index in [-0.39, 0.29) is 11.4 Å². The average molecular weight is 327 g/mol. The Morgan fingerprint density at radius 2 is 1.54 bits per heavy atom. The minimum Gasteiger partial charge on any atom is -0.507 e. The van der Waals surface area contributed by atoms with Gasteiger partial charge in [-0.25, -0.2) is 0 Å². The van der Waals surface area contributed by atoms with Gasteiger partial charge < -0.3 is 13.9 Å². The molecule has 0 aliphatic rings. The number of nitro benzene ring substituents is 1. The molecule has 1 N–H and O–H groups in total. The summed E-state index contributed by atoms with van der Waals surface area (Å²) in [4.78, 5) is 10.7. The second-order valence-corrected chi connectivity index (χ2v) is 5.79. The molecule has 2 aromatic heterocycles. The SMILES string of the molecule is Cc1ccc(C(c2ccc(C)o2)c2cc([N+](=O)[O-])cc(C)c2O)o1. The number of phenolic OH excluding ortho intramolecular Hbond substituents is 1. The lowest BCUT2D eigenvalue weighted by Crippen LogP contribution is -2.04. The van der Waals surface area contributed by atoms with E-state index in [1.807, 2.05) is 13.8 Å². The number of nitrogens with zero attached hydrogens (tertiary/aromatic N) is 1. The van der Waals surface area contributed by atoms with Crippen LogP contribution in [-0.2, 0) is 0 Å². The Morgan fingerprint density at radius 3 is 1.96 bits per heavy atom. The molecular formula is C18H17NO5. The first-order chi connectivity index (χ1) is 11.4. The third kappa shape index (κ3) is 2.78. The highest BCUT2D eigenvalue weighted by Crippen LogP contribution is 2.41. The number of furan rings is 2. The molecule has 0 unspecified atom stereocenters. The zero-order valence-electron chi connectivity index (χ0n) is 13.6. The summed E-state index contributed by atoms with van der Waals surface area (Å²) < 4.78 is 11.4. The number of hydrogen-bond acceptors (Lipinski definition) is 5. The van der Waals surface area contributed by atoms with Crippen LogP contribution >= 0.6 is 0 Å². The van der Waals surface area contributed by atoms with Gasteiger partial charge in [0.2, 0.25) is 0 Å². The second kappa shape index (κ2) is 5.88. The van der Waals surface area contributed by atoms with Gasteiger partial charge in [0.1, 0.15) is 34.7 Å². The van der Waals surface area contributed by atoms with E-state index in [1.54, 1.807) is 31.2 Å². The monoisotopic (exact) mass is 327 g/mol. The zero-order chi connectivity index (χ0) is 17.4. The minimum atomic E-state index is -0.564. The van der Waals surface area contributed by atoms with Gasteiger partial charge >= 0.3 is 0 Å². The first-order valence-electron chi connectivity index (χ1n) is 7.47. The molecule has 0 saturated heterocycles. The molecule has 0 radical (unpaired) electrons.